The number of fused-ring (bicyclic) bond motifs is 2. The summed E-state index contributed by atoms with van der Waals surface area (Å²) in [5.41, 5.74) is 3.98. The van der Waals surface area contributed by atoms with Gasteiger partial charge in [-0.2, -0.15) is 10.2 Å². The van der Waals surface area contributed by atoms with Crippen molar-refractivity contribution in [3.63, 3.8) is 0 Å². The minimum absolute atomic E-state index is 0.220. The minimum Gasteiger partial charge on any atom is -0.344 e. The number of carbonyl (C=O) groups is 1. The average Bonchev–Trinajstić information content (AvgIpc) is 3.53. The van der Waals surface area contributed by atoms with Crippen molar-refractivity contribution in [2.75, 3.05) is 0 Å². The molecule has 4 aromatic heterocycles. The highest BCUT2D eigenvalue weighted by Gasteiger charge is 2.23. The summed E-state index contributed by atoms with van der Waals surface area (Å²) in [4.78, 5) is 31.8. The Hall–Kier alpha value is -5.49. The zero-order valence-corrected chi connectivity index (χ0v) is 22.2. The van der Waals surface area contributed by atoms with Gasteiger partial charge in [0.25, 0.3) is 11.5 Å². The first-order valence-electron chi connectivity index (χ1n) is 12.8. The number of hydrogen-bond donors (Lipinski definition) is 1. The molecule has 0 saturated carbocycles. The zero-order valence-electron chi connectivity index (χ0n) is 22.2. The van der Waals surface area contributed by atoms with Gasteiger partial charge in [-0.1, -0.05) is 36.3 Å². The number of aromatic nitrogens is 6. The predicted molar refractivity (Wildman–Crippen MR) is 152 cm³/mol. The van der Waals surface area contributed by atoms with Gasteiger partial charge in [-0.15, -0.1) is 0 Å². The van der Waals surface area contributed by atoms with E-state index >= 15 is 0 Å². The smallest absolute Gasteiger partial charge is 0.264 e. The molecule has 2 aromatic carbocycles. The van der Waals surface area contributed by atoms with Gasteiger partial charge in [0, 0.05) is 42.6 Å². The van der Waals surface area contributed by atoms with Crippen LogP contribution in [0.15, 0.2) is 90.2 Å². The normalized spacial score (nSPS) is 11.8. The molecule has 0 aliphatic heterocycles. The lowest BCUT2D eigenvalue weighted by molar-refractivity contribution is 0.0939. The van der Waals surface area contributed by atoms with Crippen LogP contribution < -0.4 is 10.9 Å². The third kappa shape index (κ3) is 4.41. The first-order chi connectivity index (χ1) is 19.4. The van der Waals surface area contributed by atoms with Gasteiger partial charge in [0.1, 0.15) is 5.69 Å². The molecule has 6 rings (SSSR count). The summed E-state index contributed by atoms with van der Waals surface area (Å²) in [6.45, 7) is 3.65. The van der Waals surface area contributed by atoms with Crippen LogP contribution >= 0.6 is 0 Å². The van der Waals surface area contributed by atoms with E-state index in [0.717, 1.165) is 5.39 Å². The number of aryl methyl sites for hydroxylation is 2. The number of nitrogens with zero attached hydrogens (tertiary/aromatic N) is 6. The van der Waals surface area contributed by atoms with Crippen LogP contribution in [0.3, 0.4) is 0 Å². The Morgan fingerprint density at radius 1 is 1.00 bits per heavy atom. The quantitative estimate of drug-likeness (QED) is 0.350. The molecule has 0 fully saturated rings. The summed E-state index contributed by atoms with van der Waals surface area (Å²) >= 11 is 0. The van der Waals surface area contributed by atoms with E-state index < -0.39 is 6.04 Å². The van der Waals surface area contributed by atoms with Crippen LogP contribution in [-0.4, -0.2) is 34.9 Å². The number of benzene rings is 2. The Bertz CT molecular complexity index is 2020. The Kier molecular flexibility index (Phi) is 6.21. The van der Waals surface area contributed by atoms with Crippen LogP contribution in [0.5, 0.6) is 0 Å². The second-order valence-corrected chi connectivity index (χ2v) is 9.50. The van der Waals surface area contributed by atoms with Crippen LogP contribution in [0, 0.1) is 18.8 Å². The highest BCUT2D eigenvalue weighted by Crippen LogP contribution is 2.24. The van der Waals surface area contributed by atoms with Crippen LogP contribution in [0.25, 0.3) is 22.0 Å². The Morgan fingerprint density at radius 3 is 2.60 bits per heavy atom. The summed E-state index contributed by atoms with van der Waals surface area (Å²) in [6, 6.07) is 18.2. The van der Waals surface area contributed by atoms with Crippen molar-refractivity contribution in [1.82, 2.24) is 34.3 Å². The van der Waals surface area contributed by atoms with E-state index in [9.17, 15) is 9.59 Å². The summed E-state index contributed by atoms with van der Waals surface area (Å²) in [5, 5.41) is 13.1. The van der Waals surface area contributed by atoms with E-state index in [-0.39, 0.29) is 11.5 Å². The second kappa shape index (κ2) is 10.0. The predicted octanol–water partition coefficient (Wildman–Crippen LogP) is 3.97. The van der Waals surface area contributed by atoms with Crippen molar-refractivity contribution in [3.05, 3.63) is 124 Å². The number of pyridine rings is 1. The topological polar surface area (TPSA) is 99.1 Å². The number of amides is 1. The van der Waals surface area contributed by atoms with Gasteiger partial charge in [0.15, 0.2) is 0 Å². The number of carbonyl (C=O) groups excluding carboxylic acids is 1. The maximum absolute atomic E-state index is 14.2. The molecule has 0 aliphatic rings. The molecule has 40 heavy (non-hydrogen) atoms. The molecule has 9 nitrogen and oxygen atoms in total. The van der Waals surface area contributed by atoms with Crippen molar-refractivity contribution in [2.24, 2.45) is 7.05 Å². The van der Waals surface area contributed by atoms with Gasteiger partial charge in [-0.25, -0.2) is 4.52 Å². The third-order valence-electron chi connectivity index (χ3n) is 6.76. The average molecular weight is 528 g/mol. The van der Waals surface area contributed by atoms with Crippen LogP contribution in [0.4, 0.5) is 0 Å². The first kappa shape index (κ1) is 24.8. The van der Waals surface area contributed by atoms with Crippen molar-refractivity contribution in [1.29, 1.82) is 0 Å². The van der Waals surface area contributed by atoms with E-state index in [1.807, 2.05) is 80.8 Å². The van der Waals surface area contributed by atoms with E-state index in [1.54, 1.807) is 39.3 Å². The molecule has 196 valence electrons. The molecule has 1 amide bonds. The maximum atomic E-state index is 14.2. The zero-order chi connectivity index (χ0) is 27.8. The Morgan fingerprint density at radius 2 is 1.82 bits per heavy atom. The molecule has 4 heterocycles. The van der Waals surface area contributed by atoms with E-state index in [2.05, 4.69) is 32.3 Å². The molecule has 0 unspecified atom stereocenters. The van der Waals surface area contributed by atoms with Gasteiger partial charge in [-0.3, -0.25) is 23.8 Å². The molecule has 1 atom stereocenters. The lowest BCUT2D eigenvalue weighted by Crippen LogP contribution is -2.32. The van der Waals surface area contributed by atoms with E-state index in [0.29, 0.717) is 44.8 Å². The minimum atomic E-state index is -0.515. The number of rotatable bonds is 4. The Labute approximate surface area is 229 Å². The molecule has 0 radical (unpaired) electrons. The molecular weight excluding hydrogens is 502 g/mol. The largest absolute Gasteiger partial charge is 0.344 e. The molecule has 0 aliphatic carbocycles. The van der Waals surface area contributed by atoms with Crippen molar-refractivity contribution in [3.8, 4) is 17.5 Å². The molecular formula is C31H25N7O2. The summed E-state index contributed by atoms with van der Waals surface area (Å²) in [6.07, 6.45) is 6.76. The monoisotopic (exact) mass is 527 g/mol. The fourth-order valence-corrected chi connectivity index (χ4v) is 4.90. The molecule has 0 bridgehead atoms. The SMILES string of the molecule is Cc1nn2ccncc2c1C(=O)N[C@@H](C)c1cc2cccc(C#Cc3ccn(C)n3)c2c(=O)n1-c1ccccc1. The maximum Gasteiger partial charge on any atom is 0.264 e. The van der Waals surface area contributed by atoms with Gasteiger partial charge < -0.3 is 5.32 Å². The van der Waals surface area contributed by atoms with Gasteiger partial charge in [0.2, 0.25) is 0 Å². The fourth-order valence-electron chi connectivity index (χ4n) is 4.90. The van der Waals surface area contributed by atoms with Gasteiger partial charge in [-0.05, 0) is 55.5 Å². The molecule has 9 heteroatoms. The fraction of sp³-hybridized carbons (Fsp3) is 0.129. The lowest BCUT2D eigenvalue weighted by atomic mass is 10.0. The number of nitrogens with one attached hydrogen (secondary N) is 1. The van der Waals surface area contributed by atoms with Crippen LogP contribution in [-0.2, 0) is 7.05 Å². The molecule has 0 spiro atoms. The standard InChI is InChI=1S/C31H25N7O2/c1-20(33-30(39)28-21(2)34-37-17-15-32-19-27(28)37)26-18-23-9-7-8-22(12-13-24-14-16-36(3)35-24)29(23)31(40)38(26)25-10-5-4-6-11-25/h4-11,14-20H,1-3H3,(H,33,39)/t20-/m0/s1. The van der Waals surface area contributed by atoms with E-state index in [4.69, 9.17) is 0 Å². The first-order valence-corrected chi connectivity index (χ1v) is 12.8. The van der Waals surface area contributed by atoms with Crippen molar-refractivity contribution < 1.29 is 4.79 Å². The summed E-state index contributed by atoms with van der Waals surface area (Å²) in [5.74, 6) is 5.90. The van der Waals surface area contributed by atoms with Crippen molar-refractivity contribution in [2.45, 2.75) is 19.9 Å². The Balaban J connectivity index is 1.48. The van der Waals surface area contributed by atoms with Crippen LogP contribution in [0.2, 0.25) is 0 Å². The van der Waals surface area contributed by atoms with Crippen molar-refractivity contribution >= 4 is 22.2 Å². The molecule has 1 N–H and O–H groups in total. The van der Waals surface area contributed by atoms with E-state index in [1.165, 1.54) is 0 Å². The van der Waals surface area contributed by atoms with Gasteiger partial charge >= 0.3 is 0 Å². The summed E-state index contributed by atoms with van der Waals surface area (Å²) in [7, 11) is 1.83. The lowest BCUT2D eigenvalue weighted by Gasteiger charge is -2.21. The third-order valence-corrected chi connectivity index (χ3v) is 6.76. The second-order valence-electron chi connectivity index (χ2n) is 9.50. The molecule has 6 aromatic rings. The summed E-state index contributed by atoms with van der Waals surface area (Å²) < 4.78 is 4.96. The molecule has 0 saturated heterocycles. The van der Waals surface area contributed by atoms with Crippen LogP contribution in [0.1, 0.15) is 46.0 Å². The van der Waals surface area contributed by atoms with Gasteiger partial charge in [0.05, 0.1) is 34.4 Å². The highest BCUT2D eigenvalue weighted by atomic mass is 16.2. The number of hydrogen-bond acceptors (Lipinski definition) is 5. The highest BCUT2D eigenvalue weighted by molar-refractivity contribution is 6.02. The number of para-hydroxylation sites is 1.